The summed E-state index contributed by atoms with van der Waals surface area (Å²) in [5.74, 6) is 0.824. The number of carbonyl (C=O) groups is 2. The fourth-order valence-electron chi connectivity index (χ4n) is 5.48. The van der Waals surface area contributed by atoms with E-state index in [1.54, 1.807) is 35.2 Å². The Morgan fingerprint density at radius 1 is 0.957 bits per heavy atom. The van der Waals surface area contributed by atoms with E-state index in [1.165, 1.54) is 6.07 Å². The minimum Gasteiger partial charge on any atom is -0.545 e. The van der Waals surface area contributed by atoms with Crippen LogP contribution in [0.1, 0.15) is 93.4 Å². The van der Waals surface area contributed by atoms with Crippen molar-refractivity contribution in [1.29, 1.82) is 0 Å². The van der Waals surface area contributed by atoms with Crippen molar-refractivity contribution in [2.24, 2.45) is 0 Å². The van der Waals surface area contributed by atoms with E-state index in [4.69, 9.17) is 18.9 Å². The number of para-hydroxylation sites is 1. The summed E-state index contributed by atoms with van der Waals surface area (Å²) in [6.45, 7) is 11.0. The molecule has 1 atom stereocenters. The van der Waals surface area contributed by atoms with Gasteiger partial charge in [-0.3, -0.25) is 0 Å². The zero-order chi connectivity index (χ0) is 32.6. The summed E-state index contributed by atoms with van der Waals surface area (Å²) >= 11 is 0. The van der Waals surface area contributed by atoms with E-state index in [0.717, 1.165) is 30.4 Å². The number of hydrogen-bond donors (Lipinski definition) is 1. The van der Waals surface area contributed by atoms with Crippen molar-refractivity contribution in [1.82, 2.24) is 4.90 Å². The molecule has 0 radical (unpaired) electrons. The molecule has 1 fully saturated rings. The van der Waals surface area contributed by atoms with Gasteiger partial charge in [-0.1, -0.05) is 38.5 Å². The first-order valence-electron chi connectivity index (χ1n) is 15.7. The Balaban J connectivity index is 0.00000384. The Labute approximate surface area is 289 Å². The molecule has 1 heterocycles. The largest absolute Gasteiger partial charge is 1.00 e. The zero-order valence-corrected chi connectivity index (χ0v) is 28.4. The van der Waals surface area contributed by atoms with Gasteiger partial charge >= 0.3 is 25.0 Å². The molecule has 47 heavy (non-hydrogen) atoms. The predicted octanol–water partition coefficient (Wildman–Crippen LogP) is 3.16. The molecule has 250 valence electrons. The Kier molecular flexibility index (Phi) is 15.0. The number of aromatic hydroxyl groups is 1. The van der Waals surface area contributed by atoms with Crippen molar-refractivity contribution >= 4 is 12.1 Å². The Bertz CT molecular complexity index is 1490. The number of carboxylic acid groups (broad SMARTS) is 1. The summed E-state index contributed by atoms with van der Waals surface area (Å²) < 4.78 is 23.9. The number of hydrogen-bond acceptors (Lipinski definition) is 8. The fraction of sp³-hybridized carbons (Fsp3) is 0.444. The van der Waals surface area contributed by atoms with Crippen LogP contribution in [-0.4, -0.2) is 52.9 Å². The summed E-state index contributed by atoms with van der Waals surface area (Å²) in [7, 11) is 0. The van der Waals surface area contributed by atoms with Crippen LogP contribution in [0, 0.1) is 0 Å². The van der Waals surface area contributed by atoms with Gasteiger partial charge in [0, 0.05) is 35.7 Å². The van der Waals surface area contributed by atoms with E-state index < -0.39 is 11.6 Å². The number of likely N-dealkylation sites (tertiary alicyclic amines) is 1. The van der Waals surface area contributed by atoms with Crippen LogP contribution >= 0.6 is 0 Å². The number of benzene rings is 3. The Hall–Kier alpha value is -3.84. The molecule has 0 aliphatic carbocycles. The summed E-state index contributed by atoms with van der Waals surface area (Å²) in [5.41, 5.74) is 1.90. The second kappa shape index (κ2) is 17.9. The second-order valence-corrected chi connectivity index (χ2v) is 12.1. The van der Waals surface area contributed by atoms with Crippen LogP contribution in [0.15, 0.2) is 54.6 Å². The summed E-state index contributed by atoms with van der Waals surface area (Å²) in [6.07, 6.45) is 4.04. The molecule has 11 heteroatoms. The number of ether oxygens (including phenoxy) is 4. The second-order valence-electron chi connectivity index (χ2n) is 12.1. The third-order valence-electron chi connectivity index (χ3n) is 7.55. The van der Waals surface area contributed by atoms with Crippen molar-refractivity contribution in [2.45, 2.75) is 84.8 Å². The molecule has 4 rings (SSSR count). The van der Waals surface area contributed by atoms with Crippen molar-refractivity contribution in [3.63, 3.8) is 0 Å². The van der Waals surface area contributed by atoms with Crippen LogP contribution in [0.3, 0.4) is 0 Å². The first-order chi connectivity index (χ1) is 21.5. The zero-order valence-electron chi connectivity index (χ0n) is 28.4. The average molecular weight is 644 g/mol. The minimum absolute atomic E-state index is 0. The van der Waals surface area contributed by atoms with E-state index in [2.05, 4.69) is 6.92 Å². The molecule has 1 aliphatic rings. The third kappa shape index (κ3) is 10.3. The van der Waals surface area contributed by atoms with Crippen molar-refractivity contribution in [3.8, 4) is 28.7 Å². The number of carboxylic acids is 1. The van der Waals surface area contributed by atoms with Crippen LogP contribution < -0.4 is 38.2 Å². The van der Waals surface area contributed by atoms with Gasteiger partial charge in [0.25, 0.3) is 0 Å². The fourth-order valence-corrected chi connectivity index (χ4v) is 5.48. The number of phenolic OH excluding ortho intramolecular Hbond substituents is 1. The van der Waals surface area contributed by atoms with E-state index in [1.807, 2.05) is 45.9 Å². The number of amides is 1. The Morgan fingerprint density at radius 3 is 2.28 bits per heavy atom. The summed E-state index contributed by atoms with van der Waals surface area (Å²) in [6, 6.07) is 15.2. The SMILES string of the molecule is CCCc1c(OCCCOc2cc(O)c(C3CCCN3C(=O)OC(C)(C)C)cc2CC)cccc1Oc1ccccc1C(=O)[O-].O.[Li+]. The molecule has 1 aliphatic heterocycles. The molecular weight excluding hydrogens is 597 g/mol. The van der Waals surface area contributed by atoms with E-state index in [9.17, 15) is 19.8 Å². The molecule has 1 unspecified atom stereocenters. The van der Waals surface area contributed by atoms with Crippen LogP contribution in [-0.2, 0) is 17.6 Å². The van der Waals surface area contributed by atoms with E-state index >= 15 is 0 Å². The third-order valence-corrected chi connectivity index (χ3v) is 7.55. The number of nitrogens with zero attached hydrogens (tertiary/aromatic N) is 1. The summed E-state index contributed by atoms with van der Waals surface area (Å²) in [4.78, 5) is 26.1. The molecule has 1 amide bonds. The monoisotopic (exact) mass is 643 g/mol. The first kappa shape index (κ1) is 39.3. The molecule has 1 saturated heterocycles. The van der Waals surface area contributed by atoms with E-state index in [-0.39, 0.29) is 53.5 Å². The molecule has 3 aromatic carbocycles. The molecule has 0 aromatic heterocycles. The first-order valence-corrected chi connectivity index (χ1v) is 15.7. The van der Waals surface area contributed by atoms with Crippen molar-refractivity contribution in [3.05, 3.63) is 76.9 Å². The van der Waals surface area contributed by atoms with Crippen LogP contribution in [0.2, 0.25) is 0 Å². The van der Waals surface area contributed by atoms with Gasteiger partial charge < -0.3 is 44.3 Å². The molecule has 0 bridgehead atoms. The number of phenols is 1. The number of carbonyl (C=O) groups excluding carboxylic acids is 2. The van der Waals surface area contributed by atoms with Crippen LogP contribution in [0.25, 0.3) is 0 Å². The molecule has 10 nitrogen and oxygen atoms in total. The Morgan fingerprint density at radius 2 is 1.62 bits per heavy atom. The summed E-state index contributed by atoms with van der Waals surface area (Å²) in [5, 5.41) is 22.5. The van der Waals surface area contributed by atoms with Gasteiger partial charge in [-0.05, 0) is 82.3 Å². The van der Waals surface area contributed by atoms with Gasteiger partial charge in [0.15, 0.2) is 0 Å². The van der Waals surface area contributed by atoms with Crippen molar-refractivity contribution in [2.75, 3.05) is 19.8 Å². The van der Waals surface area contributed by atoms with Gasteiger partial charge in [-0.2, -0.15) is 0 Å². The van der Waals surface area contributed by atoms with Gasteiger partial charge in [-0.15, -0.1) is 0 Å². The van der Waals surface area contributed by atoms with Crippen LogP contribution in [0.5, 0.6) is 28.7 Å². The van der Waals surface area contributed by atoms with Crippen LogP contribution in [0.4, 0.5) is 4.79 Å². The van der Waals surface area contributed by atoms with E-state index in [0.29, 0.717) is 61.8 Å². The average Bonchev–Trinajstić information content (AvgIpc) is 3.48. The smallest absolute Gasteiger partial charge is 0.545 e. The number of aryl methyl sites for hydroxylation is 1. The maximum Gasteiger partial charge on any atom is 1.00 e. The van der Waals surface area contributed by atoms with Crippen molar-refractivity contribution < 1.29 is 63.1 Å². The quantitative estimate of drug-likeness (QED) is 0.221. The molecule has 3 N–H and O–H groups in total. The topological polar surface area (TPSA) is 149 Å². The molecule has 0 saturated carbocycles. The number of aromatic carboxylic acids is 1. The molecule has 3 aromatic rings. The van der Waals surface area contributed by atoms with Gasteiger partial charge in [0.2, 0.25) is 0 Å². The van der Waals surface area contributed by atoms with Gasteiger partial charge in [0.05, 0.1) is 25.2 Å². The molecular formula is C36H46LiNO9. The minimum atomic E-state index is -1.30. The normalized spacial score (nSPS) is 14.1. The maximum atomic E-state index is 12.8. The molecule has 0 spiro atoms. The maximum absolute atomic E-state index is 12.8. The van der Waals surface area contributed by atoms with Gasteiger partial charge in [-0.25, -0.2) is 4.79 Å². The predicted molar refractivity (Wildman–Crippen MR) is 173 cm³/mol. The standard InChI is InChI=1S/C36H45NO8.Li.H2O/c1-6-13-25-30(17-10-18-31(25)44-32-16-9-8-14-26(32)34(39)40)42-20-12-21-43-33-23-29(38)27(22-24(33)7-2)28-15-11-19-37(28)35(41)45-36(3,4)5;;/h8-10,14,16-18,22-23,28,38H,6-7,11-13,15,19-21H2,1-5H3,(H,39,40);;1H2/q;+1;/p-1. The number of rotatable bonds is 13. The van der Waals surface area contributed by atoms with Gasteiger partial charge in [0.1, 0.15) is 34.3 Å².